The lowest BCUT2D eigenvalue weighted by atomic mass is 9.89. The molecule has 1 aliphatic rings. The molecule has 2 aromatic heterocycles. The molecular weight excluding hydrogens is 492 g/mol. The maximum absolute atomic E-state index is 13.1. The summed E-state index contributed by atoms with van der Waals surface area (Å²) in [5, 5.41) is 14.2. The molecule has 0 spiro atoms. The van der Waals surface area contributed by atoms with Crippen LogP contribution in [0.1, 0.15) is 62.2 Å². The number of nitrogens with zero attached hydrogens (tertiary/aromatic N) is 3. The summed E-state index contributed by atoms with van der Waals surface area (Å²) in [6, 6.07) is 11.8. The molecule has 0 bridgehead atoms. The molecule has 37 heavy (non-hydrogen) atoms. The molecule has 1 saturated heterocycles. The Morgan fingerprint density at radius 2 is 1.95 bits per heavy atom. The summed E-state index contributed by atoms with van der Waals surface area (Å²) in [5.41, 5.74) is 3.14. The highest BCUT2D eigenvalue weighted by Gasteiger charge is 2.29. The number of likely N-dealkylation sites (tertiary alicyclic amines) is 1. The number of rotatable bonds is 9. The number of nitro groups is 1. The molecule has 3 heterocycles. The van der Waals surface area contributed by atoms with Gasteiger partial charge in [0.15, 0.2) is 0 Å². The van der Waals surface area contributed by atoms with Crippen molar-refractivity contribution in [2.24, 2.45) is 0 Å². The summed E-state index contributed by atoms with van der Waals surface area (Å²) in [5.74, 6) is 2.12. The number of pyridine rings is 1. The van der Waals surface area contributed by atoms with E-state index in [1.54, 1.807) is 35.9 Å². The SMILES string of the molecule is Cc1ccc(C(=O)NCCSCc2ccco2)c(C2CCN(C(=O)c3cc([N+](=O)[O-])ccc3C)CC2)n1. The number of amides is 2. The van der Waals surface area contributed by atoms with Crippen LogP contribution < -0.4 is 5.32 Å². The van der Waals surface area contributed by atoms with Crippen molar-refractivity contribution in [3.8, 4) is 0 Å². The van der Waals surface area contributed by atoms with Crippen molar-refractivity contribution in [3.63, 3.8) is 0 Å². The topological polar surface area (TPSA) is 119 Å². The summed E-state index contributed by atoms with van der Waals surface area (Å²) in [6.07, 6.45) is 2.98. The lowest BCUT2D eigenvalue weighted by Crippen LogP contribution is -2.39. The second-order valence-corrected chi connectivity index (χ2v) is 10.2. The summed E-state index contributed by atoms with van der Waals surface area (Å²) in [6.45, 7) is 5.20. The van der Waals surface area contributed by atoms with Crippen molar-refractivity contribution in [2.75, 3.05) is 25.4 Å². The Kier molecular flexibility index (Phi) is 8.60. The van der Waals surface area contributed by atoms with E-state index in [-0.39, 0.29) is 23.4 Å². The van der Waals surface area contributed by atoms with Crippen LogP contribution in [0, 0.1) is 24.0 Å². The van der Waals surface area contributed by atoms with Crippen molar-refractivity contribution >= 4 is 29.3 Å². The Morgan fingerprint density at radius 3 is 2.65 bits per heavy atom. The molecule has 2 amide bonds. The molecular formula is C27H30N4O5S. The molecule has 4 rings (SSSR count). The van der Waals surface area contributed by atoms with E-state index in [4.69, 9.17) is 9.40 Å². The van der Waals surface area contributed by atoms with E-state index in [0.29, 0.717) is 49.2 Å². The number of non-ortho nitro benzene ring substituents is 1. The van der Waals surface area contributed by atoms with Gasteiger partial charge in [0.25, 0.3) is 17.5 Å². The van der Waals surface area contributed by atoms with Crippen molar-refractivity contribution in [1.29, 1.82) is 0 Å². The summed E-state index contributed by atoms with van der Waals surface area (Å²) >= 11 is 1.69. The monoisotopic (exact) mass is 522 g/mol. The fraction of sp³-hybridized carbons (Fsp3) is 0.370. The molecule has 0 radical (unpaired) electrons. The number of furan rings is 1. The third-order valence-corrected chi connectivity index (χ3v) is 7.48. The summed E-state index contributed by atoms with van der Waals surface area (Å²) in [4.78, 5) is 43.2. The van der Waals surface area contributed by atoms with Gasteiger partial charge >= 0.3 is 0 Å². The van der Waals surface area contributed by atoms with Crippen LogP contribution in [-0.2, 0) is 5.75 Å². The van der Waals surface area contributed by atoms with Gasteiger partial charge in [-0.1, -0.05) is 6.07 Å². The number of aryl methyl sites for hydroxylation is 2. The molecule has 194 valence electrons. The number of benzene rings is 1. The number of aromatic nitrogens is 1. The number of carbonyl (C=O) groups is 2. The van der Waals surface area contributed by atoms with Crippen LogP contribution in [0.2, 0.25) is 0 Å². The predicted molar refractivity (Wildman–Crippen MR) is 142 cm³/mol. The van der Waals surface area contributed by atoms with Gasteiger partial charge in [-0.25, -0.2) is 0 Å². The minimum atomic E-state index is -0.490. The quantitative estimate of drug-likeness (QED) is 0.242. The second kappa shape index (κ2) is 12.1. The maximum atomic E-state index is 13.1. The molecule has 0 atom stereocenters. The van der Waals surface area contributed by atoms with Gasteiger partial charge in [-0.2, -0.15) is 11.8 Å². The summed E-state index contributed by atoms with van der Waals surface area (Å²) in [7, 11) is 0. The Balaban J connectivity index is 1.36. The zero-order valence-electron chi connectivity index (χ0n) is 20.9. The van der Waals surface area contributed by atoms with E-state index in [2.05, 4.69) is 5.32 Å². The molecule has 0 unspecified atom stereocenters. The van der Waals surface area contributed by atoms with Crippen LogP contribution in [0.5, 0.6) is 0 Å². The fourth-order valence-electron chi connectivity index (χ4n) is 4.46. The first-order chi connectivity index (χ1) is 17.8. The minimum absolute atomic E-state index is 0.0456. The van der Waals surface area contributed by atoms with Gasteiger partial charge in [0.1, 0.15) is 5.76 Å². The van der Waals surface area contributed by atoms with Gasteiger partial charge in [0, 0.05) is 54.7 Å². The first kappa shape index (κ1) is 26.4. The average Bonchev–Trinajstić information content (AvgIpc) is 3.42. The number of hydrogen-bond donors (Lipinski definition) is 1. The molecule has 1 N–H and O–H groups in total. The fourth-order valence-corrected chi connectivity index (χ4v) is 5.22. The van der Waals surface area contributed by atoms with Gasteiger partial charge in [0.2, 0.25) is 0 Å². The highest BCUT2D eigenvalue weighted by molar-refractivity contribution is 7.98. The number of thioether (sulfide) groups is 1. The van der Waals surface area contributed by atoms with E-state index < -0.39 is 4.92 Å². The Labute approximate surface area is 219 Å². The van der Waals surface area contributed by atoms with E-state index in [9.17, 15) is 19.7 Å². The number of carbonyl (C=O) groups excluding carboxylic acids is 2. The highest BCUT2D eigenvalue weighted by atomic mass is 32.2. The van der Waals surface area contributed by atoms with Crippen molar-refractivity contribution in [2.45, 2.75) is 38.4 Å². The van der Waals surface area contributed by atoms with Gasteiger partial charge in [0.05, 0.1) is 28.2 Å². The molecule has 0 aliphatic carbocycles. The van der Waals surface area contributed by atoms with Crippen LogP contribution in [0.3, 0.4) is 0 Å². The highest BCUT2D eigenvalue weighted by Crippen LogP contribution is 2.31. The largest absolute Gasteiger partial charge is 0.468 e. The zero-order valence-corrected chi connectivity index (χ0v) is 21.8. The lowest BCUT2D eigenvalue weighted by Gasteiger charge is -2.32. The Hall–Kier alpha value is -3.66. The number of hydrogen-bond acceptors (Lipinski definition) is 7. The van der Waals surface area contributed by atoms with Crippen LogP contribution >= 0.6 is 11.8 Å². The predicted octanol–water partition coefficient (Wildman–Crippen LogP) is 4.88. The van der Waals surface area contributed by atoms with Crippen LogP contribution in [0.25, 0.3) is 0 Å². The number of piperidine rings is 1. The minimum Gasteiger partial charge on any atom is -0.468 e. The van der Waals surface area contributed by atoms with Crippen LogP contribution in [0.15, 0.2) is 53.1 Å². The molecule has 0 saturated carbocycles. The summed E-state index contributed by atoms with van der Waals surface area (Å²) < 4.78 is 5.32. The van der Waals surface area contributed by atoms with Crippen LogP contribution in [-0.4, -0.2) is 52.0 Å². The zero-order chi connectivity index (χ0) is 26.4. The standard InChI is InChI=1S/C27H30N4O5S/c1-18-5-7-21(31(34)35)16-24(18)27(33)30-12-9-20(10-13-30)25-23(8-6-19(2)29-25)26(32)28-11-15-37-17-22-4-3-14-36-22/h3-8,14,16,20H,9-13,15,17H2,1-2H3,(H,28,32). The smallest absolute Gasteiger partial charge is 0.270 e. The molecule has 1 aromatic carbocycles. The van der Waals surface area contributed by atoms with Crippen LogP contribution in [0.4, 0.5) is 5.69 Å². The van der Waals surface area contributed by atoms with Crippen molar-refractivity contribution in [1.82, 2.24) is 15.2 Å². The number of nitrogens with one attached hydrogen (secondary N) is 1. The normalized spacial score (nSPS) is 13.9. The van der Waals surface area contributed by atoms with Gasteiger partial charge in [-0.05, 0) is 56.5 Å². The van der Waals surface area contributed by atoms with Gasteiger partial charge in [-0.3, -0.25) is 24.7 Å². The van der Waals surface area contributed by atoms with Crippen molar-refractivity contribution < 1.29 is 18.9 Å². The first-order valence-corrected chi connectivity index (χ1v) is 13.4. The van der Waals surface area contributed by atoms with E-state index in [1.165, 1.54) is 12.1 Å². The Bertz CT molecular complexity index is 1270. The second-order valence-electron chi connectivity index (χ2n) is 9.10. The molecule has 1 aliphatic heterocycles. The Morgan fingerprint density at radius 1 is 1.16 bits per heavy atom. The third-order valence-electron chi connectivity index (χ3n) is 6.50. The molecule has 3 aromatic rings. The lowest BCUT2D eigenvalue weighted by molar-refractivity contribution is -0.384. The first-order valence-electron chi connectivity index (χ1n) is 12.2. The maximum Gasteiger partial charge on any atom is 0.270 e. The van der Waals surface area contributed by atoms with E-state index in [0.717, 1.165) is 28.7 Å². The molecule has 1 fully saturated rings. The number of nitro benzene ring substituents is 1. The van der Waals surface area contributed by atoms with E-state index >= 15 is 0 Å². The van der Waals surface area contributed by atoms with E-state index in [1.807, 2.05) is 31.2 Å². The molecule has 9 nitrogen and oxygen atoms in total. The van der Waals surface area contributed by atoms with Gasteiger partial charge in [-0.15, -0.1) is 0 Å². The van der Waals surface area contributed by atoms with Gasteiger partial charge < -0.3 is 14.6 Å². The van der Waals surface area contributed by atoms with Crippen molar-refractivity contribution in [3.05, 3.63) is 92.7 Å². The average molecular weight is 523 g/mol. The third kappa shape index (κ3) is 6.56. The molecule has 10 heteroatoms.